The van der Waals surface area contributed by atoms with Gasteiger partial charge in [0.2, 0.25) is 5.88 Å². The van der Waals surface area contributed by atoms with Crippen LogP contribution in [-0.2, 0) is 0 Å². The van der Waals surface area contributed by atoms with Gasteiger partial charge in [-0.1, -0.05) is 37.5 Å². The summed E-state index contributed by atoms with van der Waals surface area (Å²) in [6, 6.07) is 5.79. The van der Waals surface area contributed by atoms with Gasteiger partial charge in [0, 0.05) is 11.8 Å². The lowest BCUT2D eigenvalue weighted by molar-refractivity contribution is 0.0993. The molecule has 2 aromatic rings. The Morgan fingerprint density at radius 1 is 1.08 bits per heavy atom. The highest BCUT2D eigenvalue weighted by molar-refractivity contribution is 5.98. The van der Waals surface area contributed by atoms with Crippen molar-refractivity contribution >= 4 is 5.91 Å². The predicted octanol–water partition coefficient (Wildman–Crippen LogP) is 4.78. The Morgan fingerprint density at radius 3 is 2.31 bits per heavy atom. The van der Waals surface area contributed by atoms with Crippen molar-refractivity contribution in [2.75, 3.05) is 6.61 Å². The third kappa shape index (κ3) is 4.75. The molecular formula is C21H28N2O3. The Hall–Kier alpha value is -2.56. The van der Waals surface area contributed by atoms with Gasteiger partial charge in [-0.15, -0.1) is 0 Å². The first-order chi connectivity index (χ1) is 12.3. The fourth-order valence-corrected chi connectivity index (χ4v) is 2.99. The van der Waals surface area contributed by atoms with Crippen LogP contribution < -0.4 is 15.2 Å². The number of carbonyl (C=O) groups is 1. The highest BCUT2D eigenvalue weighted by atomic mass is 16.5. The largest absolute Gasteiger partial charge is 0.492 e. The van der Waals surface area contributed by atoms with E-state index >= 15 is 0 Å². The summed E-state index contributed by atoms with van der Waals surface area (Å²) in [4.78, 5) is 16.5. The average Bonchev–Trinajstić information content (AvgIpc) is 2.54. The highest BCUT2D eigenvalue weighted by Crippen LogP contribution is 2.34. The normalized spacial score (nSPS) is 10.7. The summed E-state index contributed by atoms with van der Waals surface area (Å²) < 4.78 is 11.9. The summed E-state index contributed by atoms with van der Waals surface area (Å²) in [7, 11) is 0. The van der Waals surface area contributed by atoms with E-state index < -0.39 is 5.91 Å². The van der Waals surface area contributed by atoms with Gasteiger partial charge in [0.15, 0.2) is 0 Å². The van der Waals surface area contributed by atoms with Crippen LogP contribution in [0.4, 0.5) is 0 Å². The molecule has 2 rings (SSSR count). The van der Waals surface area contributed by atoms with Crippen LogP contribution in [0.25, 0.3) is 0 Å². The molecule has 0 saturated carbocycles. The fraction of sp³-hybridized carbons (Fsp3) is 0.429. The molecule has 0 atom stereocenters. The Morgan fingerprint density at radius 2 is 1.73 bits per heavy atom. The number of aromatic nitrogens is 1. The minimum absolute atomic E-state index is 0.187. The van der Waals surface area contributed by atoms with Crippen LogP contribution in [0.3, 0.4) is 0 Å². The summed E-state index contributed by atoms with van der Waals surface area (Å²) in [5.74, 6) is 0.699. The maximum Gasteiger partial charge on any atom is 0.258 e. The zero-order chi connectivity index (χ0) is 19.3. The van der Waals surface area contributed by atoms with Crippen LogP contribution in [0.5, 0.6) is 17.4 Å². The number of hydrogen-bond donors (Lipinski definition) is 1. The number of benzene rings is 1. The molecule has 0 bridgehead atoms. The van der Waals surface area contributed by atoms with Crippen LogP contribution in [0.1, 0.15) is 58.9 Å². The van der Waals surface area contributed by atoms with Crippen molar-refractivity contribution in [2.24, 2.45) is 5.73 Å². The number of aryl methyl sites for hydroxylation is 4. The van der Waals surface area contributed by atoms with E-state index in [0.717, 1.165) is 36.0 Å². The number of pyridine rings is 1. The molecule has 0 aliphatic heterocycles. The van der Waals surface area contributed by atoms with E-state index in [9.17, 15) is 4.79 Å². The Balaban J connectivity index is 2.41. The molecule has 0 fully saturated rings. The molecular weight excluding hydrogens is 328 g/mol. The minimum atomic E-state index is -0.611. The lowest BCUT2D eigenvalue weighted by Crippen LogP contribution is -2.16. The predicted molar refractivity (Wildman–Crippen MR) is 103 cm³/mol. The highest BCUT2D eigenvalue weighted by Gasteiger charge is 2.21. The maximum absolute atomic E-state index is 12.1. The van der Waals surface area contributed by atoms with Crippen LogP contribution in [0.2, 0.25) is 0 Å². The summed E-state index contributed by atoms with van der Waals surface area (Å²) in [6.07, 6.45) is 3.09. The van der Waals surface area contributed by atoms with E-state index in [1.54, 1.807) is 6.07 Å². The van der Waals surface area contributed by atoms with Gasteiger partial charge < -0.3 is 15.2 Å². The summed E-state index contributed by atoms with van der Waals surface area (Å²) in [5.41, 5.74) is 9.61. The molecule has 1 aromatic carbocycles. The van der Waals surface area contributed by atoms with Crippen LogP contribution >= 0.6 is 0 Å². The number of primary amides is 1. The smallest absolute Gasteiger partial charge is 0.258 e. The van der Waals surface area contributed by atoms with Crippen molar-refractivity contribution < 1.29 is 14.3 Å². The van der Waals surface area contributed by atoms with Gasteiger partial charge >= 0.3 is 0 Å². The SMILES string of the molecule is CCCCCOc1cc(C)nc(Oc2c(C)cc(C)cc2C)c1C(N)=O. The number of amides is 1. The van der Waals surface area contributed by atoms with Gasteiger partial charge in [-0.3, -0.25) is 4.79 Å². The van der Waals surface area contributed by atoms with Gasteiger partial charge in [-0.2, -0.15) is 0 Å². The van der Waals surface area contributed by atoms with E-state index in [-0.39, 0.29) is 11.4 Å². The van der Waals surface area contributed by atoms with E-state index in [4.69, 9.17) is 15.2 Å². The van der Waals surface area contributed by atoms with E-state index in [2.05, 4.69) is 11.9 Å². The van der Waals surface area contributed by atoms with Gasteiger partial charge in [0.25, 0.3) is 5.91 Å². The maximum atomic E-state index is 12.1. The van der Waals surface area contributed by atoms with Crippen molar-refractivity contribution in [1.29, 1.82) is 0 Å². The summed E-state index contributed by atoms with van der Waals surface area (Å²) in [6.45, 7) is 10.5. The lowest BCUT2D eigenvalue weighted by atomic mass is 10.1. The number of ether oxygens (including phenoxy) is 2. The zero-order valence-electron chi connectivity index (χ0n) is 16.3. The van der Waals surface area contributed by atoms with Gasteiger partial charge in [0.05, 0.1) is 6.61 Å². The first-order valence-electron chi connectivity index (χ1n) is 9.03. The number of carbonyl (C=O) groups excluding carboxylic acids is 1. The van der Waals surface area contributed by atoms with Crippen molar-refractivity contribution in [2.45, 2.75) is 53.9 Å². The summed E-state index contributed by atoms with van der Waals surface area (Å²) >= 11 is 0. The second-order valence-corrected chi connectivity index (χ2v) is 6.69. The van der Waals surface area contributed by atoms with E-state index in [1.807, 2.05) is 39.8 Å². The molecule has 0 unspecified atom stereocenters. The molecule has 0 radical (unpaired) electrons. The van der Waals surface area contributed by atoms with Gasteiger partial charge in [-0.05, 0) is 45.2 Å². The molecule has 0 aliphatic rings. The first-order valence-corrected chi connectivity index (χ1v) is 9.03. The molecule has 0 spiro atoms. The number of nitrogens with two attached hydrogens (primary N) is 1. The number of nitrogens with zero attached hydrogens (tertiary/aromatic N) is 1. The second kappa shape index (κ2) is 8.70. The molecule has 2 N–H and O–H groups in total. The molecule has 1 heterocycles. The molecule has 0 saturated heterocycles. The molecule has 1 amide bonds. The van der Waals surface area contributed by atoms with E-state index in [0.29, 0.717) is 23.8 Å². The average molecular weight is 356 g/mol. The monoisotopic (exact) mass is 356 g/mol. The molecule has 0 aliphatic carbocycles. The number of rotatable bonds is 8. The first kappa shape index (κ1) is 19.8. The number of unbranched alkanes of at least 4 members (excludes halogenated alkanes) is 2. The molecule has 5 nitrogen and oxygen atoms in total. The minimum Gasteiger partial charge on any atom is -0.492 e. The topological polar surface area (TPSA) is 74.4 Å². The van der Waals surface area contributed by atoms with Gasteiger partial charge in [-0.25, -0.2) is 4.98 Å². The lowest BCUT2D eigenvalue weighted by Gasteiger charge is -2.17. The third-order valence-corrected chi connectivity index (χ3v) is 4.13. The van der Waals surface area contributed by atoms with Crippen LogP contribution in [-0.4, -0.2) is 17.5 Å². The van der Waals surface area contributed by atoms with E-state index in [1.165, 1.54) is 0 Å². The van der Waals surface area contributed by atoms with Crippen LogP contribution in [0.15, 0.2) is 18.2 Å². The quantitative estimate of drug-likeness (QED) is 0.691. The Kier molecular flexibility index (Phi) is 6.61. The fourth-order valence-electron chi connectivity index (χ4n) is 2.99. The Labute approximate surface area is 155 Å². The second-order valence-electron chi connectivity index (χ2n) is 6.69. The van der Waals surface area contributed by atoms with Crippen LogP contribution in [0, 0.1) is 27.7 Å². The van der Waals surface area contributed by atoms with Crippen molar-refractivity contribution in [1.82, 2.24) is 4.98 Å². The van der Waals surface area contributed by atoms with Crippen molar-refractivity contribution in [3.05, 3.63) is 46.1 Å². The molecule has 140 valence electrons. The molecule has 1 aromatic heterocycles. The van der Waals surface area contributed by atoms with Crippen molar-refractivity contribution in [3.8, 4) is 17.4 Å². The van der Waals surface area contributed by atoms with Crippen molar-refractivity contribution in [3.63, 3.8) is 0 Å². The zero-order valence-corrected chi connectivity index (χ0v) is 16.3. The standard InChI is InChI=1S/C21H28N2O3/c1-6-7-8-9-25-17-12-16(5)23-21(18(17)20(22)24)26-19-14(3)10-13(2)11-15(19)4/h10-12H,6-9H2,1-5H3,(H2,22,24). The Bertz CT molecular complexity index is 777. The number of hydrogen-bond acceptors (Lipinski definition) is 4. The third-order valence-electron chi connectivity index (χ3n) is 4.13. The molecule has 5 heteroatoms. The summed E-state index contributed by atoms with van der Waals surface area (Å²) in [5, 5.41) is 0. The van der Waals surface area contributed by atoms with Gasteiger partial charge in [0.1, 0.15) is 17.1 Å². The molecule has 26 heavy (non-hydrogen) atoms.